The monoisotopic (exact) mass is 367 g/mol. The van der Waals surface area contributed by atoms with Gasteiger partial charge in [-0.25, -0.2) is 0 Å². The van der Waals surface area contributed by atoms with E-state index in [4.69, 9.17) is 4.52 Å². The van der Waals surface area contributed by atoms with Crippen LogP contribution in [0.3, 0.4) is 0 Å². The van der Waals surface area contributed by atoms with Gasteiger partial charge in [-0.05, 0) is 38.3 Å². The highest BCUT2D eigenvalue weighted by Crippen LogP contribution is 2.20. The minimum absolute atomic E-state index is 0.0432. The third-order valence-electron chi connectivity index (χ3n) is 4.41. The molecule has 7 nitrogen and oxygen atoms in total. The van der Waals surface area contributed by atoms with Crippen molar-refractivity contribution in [3.05, 3.63) is 54.2 Å². The summed E-state index contributed by atoms with van der Waals surface area (Å²) in [5.41, 5.74) is 2.07. The molecule has 0 radical (unpaired) electrons. The molecule has 2 aromatic heterocycles. The van der Waals surface area contributed by atoms with Gasteiger partial charge < -0.3 is 9.84 Å². The fourth-order valence-corrected chi connectivity index (χ4v) is 2.87. The molecular weight excluding hydrogens is 342 g/mol. The Morgan fingerprint density at radius 2 is 2.15 bits per heavy atom. The fraction of sp³-hybridized carbons (Fsp3) is 0.400. The van der Waals surface area contributed by atoms with Gasteiger partial charge in [0.05, 0.1) is 0 Å². The molecule has 1 unspecified atom stereocenters. The number of rotatable bonds is 9. The zero-order chi connectivity index (χ0) is 19.1. The molecule has 1 amide bonds. The van der Waals surface area contributed by atoms with Crippen LogP contribution in [0.15, 0.2) is 47.2 Å². The number of carbonyl (C=O) groups is 1. The molecule has 3 aromatic rings. The van der Waals surface area contributed by atoms with Crippen molar-refractivity contribution >= 4 is 5.91 Å². The van der Waals surface area contributed by atoms with Crippen molar-refractivity contribution in [2.24, 2.45) is 0 Å². The molecule has 0 aliphatic carbocycles. The molecule has 0 saturated carbocycles. The Hall–Kier alpha value is -2.96. The number of carbonyl (C=O) groups excluding carboxylic acids is 1. The third kappa shape index (κ3) is 5.51. The normalized spacial score (nSPS) is 12.1. The molecule has 1 N–H and O–H groups in total. The summed E-state index contributed by atoms with van der Waals surface area (Å²) in [6.45, 7) is 4.81. The van der Waals surface area contributed by atoms with Crippen molar-refractivity contribution in [3.63, 3.8) is 0 Å². The Balaban J connectivity index is 1.39. The highest BCUT2D eigenvalue weighted by Gasteiger charge is 2.12. The van der Waals surface area contributed by atoms with E-state index in [9.17, 15) is 4.79 Å². The van der Waals surface area contributed by atoms with Gasteiger partial charge in [-0.2, -0.15) is 10.1 Å². The molecule has 0 fully saturated rings. The summed E-state index contributed by atoms with van der Waals surface area (Å²) in [4.78, 5) is 16.5. The van der Waals surface area contributed by atoms with E-state index in [-0.39, 0.29) is 11.9 Å². The lowest BCUT2D eigenvalue weighted by molar-refractivity contribution is -0.121. The number of amides is 1. The van der Waals surface area contributed by atoms with Crippen LogP contribution in [0.2, 0.25) is 0 Å². The predicted octanol–water partition coefficient (Wildman–Crippen LogP) is 3.16. The zero-order valence-electron chi connectivity index (χ0n) is 15.8. The zero-order valence-corrected chi connectivity index (χ0v) is 15.8. The van der Waals surface area contributed by atoms with Gasteiger partial charge in [0.15, 0.2) is 0 Å². The molecule has 0 aliphatic rings. The number of nitrogens with one attached hydrogen (secondary N) is 1. The second-order valence-corrected chi connectivity index (χ2v) is 6.71. The van der Waals surface area contributed by atoms with Gasteiger partial charge in [0.25, 0.3) is 0 Å². The highest BCUT2D eigenvalue weighted by atomic mass is 16.5. The summed E-state index contributed by atoms with van der Waals surface area (Å²) < 4.78 is 7.18. The molecule has 0 aliphatic heterocycles. The van der Waals surface area contributed by atoms with Crippen LogP contribution in [-0.4, -0.2) is 31.9 Å². The number of aromatic nitrogens is 4. The van der Waals surface area contributed by atoms with E-state index < -0.39 is 0 Å². The molecule has 27 heavy (non-hydrogen) atoms. The van der Waals surface area contributed by atoms with Gasteiger partial charge in [-0.3, -0.25) is 9.48 Å². The summed E-state index contributed by atoms with van der Waals surface area (Å²) in [6, 6.07) is 9.93. The highest BCUT2D eigenvalue weighted by molar-refractivity contribution is 5.76. The van der Waals surface area contributed by atoms with Crippen molar-refractivity contribution in [2.75, 3.05) is 0 Å². The number of aryl methyl sites for hydroxylation is 3. The maximum atomic E-state index is 12.1. The average molecular weight is 367 g/mol. The van der Waals surface area contributed by atoms with E-state index in [2.05, 4.69) is 20.6 Å². The van der Waals surface area contributed by atoms with E-state index in [1.54, 1.807) is 6.20 Å². The minimum Gasteiger partial charge on any atom is -0.354 e. The van der Waals surface area contributed by atoms with Gasteiger partial charge in [0.1, 0.15) is 0 Å². The first-order valence-electron chi connectivity index (χ1n) is 9.27. The van der Waals surface area contributed by atoms with E-state index in [0.717, 1.165) is 24.1 Å². The average Bonchev–Trinajstić information content (AvgIpc) is 3.32. The van der Waals surface area contributed by atoms with Crippen LogP contribution >= 0.6 is 0 Å². The molecule has 1 aromatic carbocycles. The summed E-state index contributed by atoms with van der Waals surface area (Å²) in [5, 5.41) is 11.2. The van der Waals surface area contributed by atoms with E-state index in [1.165, 1.54) is 0 Å². The molecule has 0 spiro atoms. The lowest BCUT2D eigenvalue weighted by Crippen LogP contribution is -2.33. The van der Waals surface area contributed by atoms with E-state index in [1.807, 2.05) is 55.1 Å². The first-order valence-corrected chi connectivity index (χ1v) is 9.27. The van der Waals surface area contributed by atoms with Crippen LogP contribution in [-0.2, 0) is 17.8 Å². The summed E-state index contributed by atoms with van der Waals surface area (Å²) >= 11 is 0. The summed E-state index contributed by atoms with van der Waals surface area (Å²) in [5.74, 6) is 1.20. The molecule has 7 heteroatoms. The first-order chi connectivity index (χ1) is 13.1. The smallest absolute Gasteiger partial charge is 0.226 e. The predicted molar refractivity (Wildman–Crippen MR) is 102 cm³/mol. The van der Waals surface area contributed by atoms with Crippen LogP contribution < -0.4 is 5.32 Å². The maximum absolute atomic E-state index is 12.1. The van der Waals surface area contributed by atoms with Gasteiger partial charge in [-0.1, -0.05) is 29.4 Å². The Morgan fingerprint density at radius 1 is 1.30 bits per heavy atom. The lowest BCUT2D eigenvalue weighted by Gasteiger charge is -2.13. The molecule has 3 rings (SSSR count). The fourth-order valence-electron chi connectivity index (χ4n) is 2.87. The quantitative estimate of drug-likeness (QED) is 0.628. The Labute approximate surface area is 158 Å². The van der Waals surface area contributed by atoms with Gasteiger partial charge in [0.2, 0.25) is 17.6 Å². The SMILES string of the molecule is Cc1ccccc1-c1noc(CCCC(=O)NC(C)CCn2cccn2)n1. The minimum atomic E-state index is 0.0432. The van der Waals surface area contributed by atoms with Crippen molar-refractivity contribution < 1.29 is 9.32 Å². The largest absolute Gasteiger partial charge is 0.354 e. The Morgan fingerprint density at radius 3 is 2.93 bits per heavy atom. The number of hydrogen-bond donors (Lipinski definition) is 1. The van der Waals surface area contributed by atoms with Gasteiger partial charge in [0, 0.05) is 43.4 Å². The lowest BCUT2D eigenvalue weighted by atomic mass is 10.1. The van der Waals surface area contributed by atoms with Crippen LogP contribution in [0.1, 0.15) is 37.6 Å². The van der Waals surface area contributed by atoms with Crippen LogP contribution in [0.5, 0.6) is 0 Å². The standard InChI is InChI=1S/C20H25N5O2/c1-15-7-3-4-8-17(15)20-23-19(27-24-20)10-5-9-18(26)22-16(2)11-14-25-13-6-12-21-25/h3-4,6-8,12-13,16H,5,9-11,14H2,1-2H3,(H,22,26). The topological polar surface area (TPSA) is 85.8 Å². The van der Waals surface area contributed by atoms with E-state index >= 15 is 0 Å². The van der Waals surface area contributed by atoms with Gasteiger partial charge in [-0.15, -0.1) is 0 Å². The Kier molecular flexibility index (Phi) is 6.35. The third-order valence-corrected chi connectivity index (χ3v) is 4.41. The van der Waals surface area contributed by atoms with Crippen molar-refractivity contribution in [1.82, 2.24) is 25.2 Å². The van der Waals surface area contributed by atoms with Crippen molar-refractivity contribution in [2.45, 2.75) is 52.1 Å². The van der Waals surface area contributed by atoms with Crippen LogP contribution in [0.25, 0.3) is 11.4 Å². The van der Waals surface area contributed by atoms with Crippen molar-refractivity contribution in [3.8, 4) is 11.4 Å². The molecule has 0 bridgehead atoms. The van der Waals surface area contributed by atoms with Crippen LogP contribution in [0.4, 0.5) is 0 Å². The molecular formula is C20H25N5O2. The Bertz CT molecular complexity index is 857. The van der Waals surface area contributed by atoms with Crippen LogP contribution in [0, 0.1) is 6.92 Å². The first kappa shape index (κ1) is 18.8. The molecule has 2 heterocycles. The number of benzene rings is 1. The second kappa shape index (κ2) is 9.12. The molecule has 0 saturated heterocycles. The molecule has 142 valence electrons. The van der Waals surface area contributed by atoms with E-state index in [0.29, 0.717) is 31.0 Å². The second-order valence-electron chi connectivity index (χ2n) is 6.71. The molecule has 1 atom stereocenters. The van der Waals surface area contributed by atoms with Crippen molar-refractivity contribution in [1.29, 1.82) is 0 Å². The van der Waals surface area contributed by atoms with Gasteiger partial charge >= 0.3 is 0 Å². The summed E-state index contributed by atoms with van der Waals surface area (Å²) in [6.07, 6.45) is 6.22. The summed E-state index contributed by atoms with van der Waals surface area (Å²) in [7, 11) is 0. The number of hydrogen-bond acceptors (Lipinski definition) is 5. The number of nitrogens with zero attached hydrogens (tertiary/aromatic N) is 4. The maximum Gasteiger partial charge on any atom is 0.226 e.